The van der Waals surface area contributed by atoms with Crippen LogP contribution in [0.4, 0.5) is 0 Å². The molecule has 0 aromatic heterocycles. The Morgan fingerprint density at radius 1 is 1.36 bits per heavy atom. The minimum atomic E-state index is -2.70. The van der Waals surface area contributed by atoms with Crippen molar-refractivity contribution in [1.82, 2.24) is 0 Å². The minimum absolute atomic E-state index is 0.385. The Morgan fingerprint density at radius 3 is 2.50 bits per heavy atom. The highest BCUT2D eigenvalue weighted by Crippen LogP contribution is 2.40. The Kier molecular flexibility index (Phi) is 4.19. The predicted molar refractivity (Wildman–Crippen MR) is 62.6 cm³/mol. The van der Waals surface area contributed by atoms with Crippen LogP contribution in [0, 0.1) is 0 Å². The van der Waals surface area contributed by atoms with Gasteiger partial charge in [0.05, 0.1) is 10.0 Å². The maximum Gasteiger partial charge on any atom is 0.309 e. The van der Waals surface area contributed by atoms with Crippen LogP contribution in [-0.2, 0) is 16.3 Å². The van der Waals surface area contributed by atoms with Crippen molar-refractivity contribution >= 4 is 41.7 Å². The highest BCUT2D eigenvalue weighted by atomic mass is 35.5. The first kappa shape index (κ1) is 12.2. The second-order valence-corrected chi connectivity index (χ2v) is 6.36. The van der Waals surface area contributed by atoms with Crippen molar-refractivity contribution in [2.75, 3.05) is 7.11 Å². The van der Waals surface area contributed by atoms with Crippen LogP contribution in [0.2, 0.25) is 10.0 Å². The van der Waals surface area contributed by atoms with Gasteiger partial charge in [-0.1, -0.05) is 23.2 Å². The number of rotatable bonds is 3. The van der Waals surface area contributed by atoms with E-state index in [0.717, 1.165) is 0 Å². The van der Waals surface area contributed by atoms with Gasteiger partial charge in [0.2, 0.25) is 0 Å². The molecule has 1 rings (SSSR count). The van der Waals surface area contributed by atoms with Crippen molar-refractivity contribution in [3.05, 3.63) is 28.2 Å². The van der Waals surface area contributed by atoms with Gasteiger partial charge in [0.25, 0.3) is 0 Å². The lowest BCUT2D eigenvalue weighted by Crippen LogP contribution is -2.03. The van der Waals surface area contributed by atoms with Crippen molar-refractivity contribution in [2.45, 2.75) is 0 Å². The molecule has 0 saturated carbocycles. The average molecular weight is 272 g/mol. The molecule has 3 nitrogen and oxygen atoms in total. The van der Waals surface area contributed by atoms with Gasteiger partial charge in [-0.3, -0.25) is 0 Å². The summed E-state index contributed by atoms with van der Waals surface area (Å²) < 4.78 is 10.0. The highest BCUT2D eigenvalue weighted by Gasteiger charge is 2.12. The van der Waals surface area contributed by atoms with Crippen molar-refractivity contribution < 1.29 is 9.05 Å². The van der Waals surface area contributed by atoms with Gasteiger partial charge >= 0.3 is 6.64 Å². The molecule has 14 heavy (non-hydrogen) atoms. The van der Waals surface area contributed by atoms with Crippen LogP contribution in [0.5, 0.6) is 5.75 Å². The van der Waals surface area contributed by atoms with Crippen molar-refractivity contribution in [2.24, 2.45) is 5.50 Å². The van der Waals surface area contributed by atoms with E-state index < -0.39 is 6.64 Å². The summed E-state index contributed by atoms with van der Waals surface area (Å²) in [7, 11) is 1.40. The van der Waals surface area contributed by atoms with E-state index in [-0.39, 0.29) is 0 Å². The zero-order valence-electron chi connectivity index (χ0n) is 7.24. The summed E-state index contributed by atoms with van der Waals surface area (Å²) in [5, 5.41) is 0.831. The third-order valence-electron chi connectivity index (χ3n) is 1.38. The molecule has 1 aromatic rings. The second-order valence-electron chi connectivity index (χ2n) is 2.39. The van der Waals surface area contributed by atoms with E-state index in [0.29, 0.717) is 15.8 Å². The SMILES string of the molecule is COP(N)(=S)Oc1ccc(Cl)c(Cl)c1. The summed E-state index contributed by atoms with van der Waals surface area (Å²) in [5.41, 5.74) is 5.54. The molecule has 0 aliphatic carbocycles. The summed E-state index contributed by atoms with van der Waals surface area (Å²) in [4.78, 5) is 0. The van der Waals surface area contributed by atoms with Gasteiger partial charge in [0.15, 0.2) is 0 Å². The molecule has 2 N–H and O–H groups in total. The molecule has 0 bridgehead atoms. The molecule has 0 aliphatic heterocycles. The van der Waals surface area contributed by atoms with Crippen LogP contribution in [0.15, 0.2) is 18.2 Å². The number of benzene rings is 1. The van der Waals surface area contributed by atoms with Gasteiger partial charge in [-0.25, -0.2) is 5.50 Å². The summed E-state index contributed by atoms with van der Waals surface area (Å²) >= 11 is 16.4. The van der Waals surface area contributed by atoms with Crippen LogP contribution in [-0.4, -0.2) is 7.11 Å². The normalized spacial score (nSPS) is 14.9. The fourth-order valence-corrected chi connectivity index (χ4v) is 1.75. The lowest BCUT2D eigenvalue weighted by Gasteiger charge is -2.15. The van der Waals surface area contributed by atoms with Crippen LogP contribution >= 0.6 is 29.8 Å². The van der Waals surface area contributed by atoms with Gasteiger partial charge in [0.1, 0.15) is 5.75 Å². The van der Waals surface area contributed by atoms with Crippen molar-refractivity contribution in [3.63, 3.8) is 0 Å². The maximum absolute atomic E-state index is 5.77. The topological polar surface area (TPSA) is 44.5 Å². The summed E-state index contributed by atoms with van der Waals surface area (Å²) in [5.74, 6) is 0.451. The molecule has 0 heterocycles. The molecule has 1 aromatic carbocycles. The van der Waals surface area contributed by atoms with Crippen molar-refractivity contribution in [3.8, 4) is 5.75 Å². The molecule has 1 atom stereocenters. The number of hydrogen-bond donors (Lipinski definition) is 1. The van der Waals surface area contributed by atoms with E-state index >= 15 is 0 Å². The van der Waals surface area contributed by atoms with Gasteiger partial charge < -0.3 is 9.05 Å². The van der Waals surface area contributed by atoms with E-state index in [1.54, 1.807) is 12.1 Å². The van der Waals surface area contributed by atoms with Crippen LogP contribution in [0.25, 0.3) is 0 Å². The number of nitrogens with two attached hydrogens (primary N) is 1. The number of hydrogen-bond acceptors (Lipinski definition) is 3. The average Bonchev–Trinajstić information content (AvgIpc) is 2.11. The largest absolute Gasteiger partial charge is 0.433 e. The van der Waals surface area contributed by atoms with Gasteiger partial charge in [-0.15, -0.1) is 0 Å². The van der Waals surface area contributed by atoms with Gasteiger partial charge in [-0.2, -0.15) is 0 Å². The monoisotopic (exact) mass is 271 g/mol. The zero-order valence-corrected chi connectivity index (χ0v) is 10.5. The maximum atomic E-state index is 5.77. The van der Waals surface area contributed by atoms with E-state index in [1.807, 2.05) is 0 Å². The first-order valence-electron chi connectivity index (χ1n) is 3.53. The quantitative estimate of drug-likeness (QED) is 0.858. The molecule has 0 fully saturated rings. The van der Waals surface area contributed by atoms with E-state index in [1.165, 1.54) is 13.2 Å². The van der Waals surface area contributed by atoms with Gasteiger partial charge in [-0.05, 0) is 23.9 Å². The number of halogens is 2. The first-order valence-corrected chi connectivity index (χ1v) is 7.00. The fraction of sp³-hybridized carbons (Fsp3) is 0.143. The van der Waals surface area contributed by atoms with E-state index in [4.69, 9.17) is 49.6 Å². The molecule has 0 aliphatic rings. The Bertz CT molecular complexity index is 388. The molecular weight excluding hydrogens is 264 g/mol. The molecule has 78 valence electrons. The first-order chi connectivity index (χ1) is 6.44. The molecular formula is C7H8Cl2NO2PS. The Hall–Kier alpha value is 0.170. The molecule has 0 amide bonds. The van der Waals surface area contributed by atoms with E-state index in [2.05, 4.69) is 0 Å². The summed E-state index contributed by atoms with van der Waals surface area (Å²) in [6.45, 7) is -2.70. The smallest absolute Gasteiger partial charge is 0.309 e. The van der Waals surface area contributed by atoms with Crippen molar-refractivity contribution in [1.29, 1.82) is 0 Å². The molecule has 7 heteroatoms. The van der Waals surface area contributed by atoms with Crippen LogP contribution < -0.4 is 10.0 Å². The third kappa shape index (κ3) is 3.39. The second kappa shape index (κ2) is 4.79. The minimum Gasteiger partial charge on any atom is -0.433 e. The molecule has 0 spiro atoms. The molecule has 1 unspecified atom stereocenters. The third-order valence-corrected chi connectivity index (χ3v) is 3.76. The molecule has 0 saturated heterocycles. The lowest BCUT2D eigenvalue weighted by molar-refractivity contribution is 0.393. The predicted octanol–water partition coefficient (Wildman–Crippen LogP) is 3.20. The Morgan fingerprint density at radius 2 is 2.00 bits per heavy atom. The van der Waals surface area contributed by atoms with Gasteiger partial charge in [0, 0.05) is 13.2 Å². The zero-order chi connectivity index (χ0) is 10.8. The summed E-state index contributed by atoms with van der Waals surface area (Å²) in [6, 6.07) is 4.77. The van der Waals surface area contributed by atoms with Crippen LogP contribution in [0.1, 0.15) is 0 Å². The fourth-order valence-electron chi connectivity index (χ4n) is 0.718. The summed E-state index contributed by atoms with van der Waals surface area (Å²) in [6.07, 6.45) is 0. The molecule has 0 radical (unpaired) electrons. The Labute approximate surface area is 97.3 Å². The van der Waals surface area contributed by atoms with E-state index in [9.17, 15) is 0 Å². The van der Waals surface area contributed by atoms with Crippen LogP contribution in [0.3, 0.4) is 0 Å². The highest BCUT2D eigenvalue weighted by molar-refractivity contribution is 8.08. The Balaban J connectivity index is 2.89. The lowest BCUT2D eigenvalue weighted by atomic mass is 10.3. The standard InChI is InChI=1S/C7H8Cl2NO2PS/c1-11-13(10,14)12-5-2-3-6(8)7(9)4-5/h2-4H,1H3,(H2,10,14).